The Bertz CT molecular complexity index is 1170. The van der Waals surface area contributed by atoms with Crippen LogP contribution in [-0.2, 0) is 6.54 Å². The minimum absolute atomic E-state index is 0.0500. The standard InChI is InChI=1S/C22H18ClFN4O/c1-29-17-4-2-3-14(9-17)12-25-15-6-8-21-18(10-15)22(27-13-26-21)28-16-5-7-20(24)19(23)11-16/h2-11,13,25H,12H2,1H3,(H,26,27,28). The van der Waals surface area contributed by atoms with Crippen molar-refractivity contribution in [3.8, 4) is 5.75 Å². The van der Waals surface area contributed by atoms with E-state index >= 15 is 0 Å². The van der Waals surface area contributed by atoms with Crippen molar-refractivity contribution >= 4 is 39.7 Å². The zero-order valence-electron chi connectivity index (χ0n) is 15.6. The first-order valence-corrected chi connectivity index (χ1v) is 9.34. The number of hydrogen-bond donors (Lipinski definition) is 2. The molecule has 7 heteroatoms. The van der Waals surface area contributed by atoms with Crippen molar-refractivity contribution < 1.29 is 9.13 Å². The fraction of sp³-hybridized carbons (Fsp3) is 0.0909. The molecule has 29 heavy (non-hydrogen) atoms. The van der Waals surface area contributed by atoms with E-state index in [1.54, 1.807) is 13.2 Å². The third kappa shape index (κ3) is 4.38. The SMILES string of the molecule is COc1cccc(CNc2ccc3ncnc(Nc4ccc(F)c(Cl)c4)c3c2)c1. The number of nitrogens with zero attached hydrogens (tertiary/aromatic N) is 2. The molecule has 4 rings (SSSR count). The van der Waals surface area contributed by atoms with Crippen molar-refractivity contribution in [2.75, 3.05) is 17.7 Å². The summed E-state index contributed by atoms with van der Waals surface area (Å²) in [7, 11) is 1.65. The van der Waals surface area contributed by atoms with E-state index in [1.807, 2.05) is 42.5 Å². The molecule has 0 atom stereocenters. The first kappa shape index (κ1) is 19.0. The predicted octanol–water partition coefficient (Wildman–Crippen LogP) is 5.79. The molecule has 0 amide bonds. The maximum Gasteiger partial charge on any atom is 0.141 e. The largest absolute Gasteiger partial charge is 0.497 e. The highest BCUT2D eigenvalue weighted by molar-refractivity contribution is 6.31. The molecule has 0 aliphatic rings. The Hall–Kier alpha value is -3.38. The highest BCUT2D eigenvalue weighted by Crippen LogP contribution is 2.28. The fourth-order valence-corrected chi connectivity index (χ4v) is 3.14. The van der Waals surface area contributed by atoms with Gasteiger partial charge in [0.15, 0.2) is 0 Å². The molecule has 0 unspecified atom stereocenters. The van der Waals surface area contributed by atoms with Crippen LogP contribution in [0.3, 0.4) is 0 Å². The number of halogens is 2. The van der Waals surface area contributed by atoms with Gasteiger partial charge in [0.25, 0.3) is 0 Å². The summed E-state index contributed by atoms with van der Waals surface area (Å²) in [6.07, 6.45) is 1.49. The van der Waals surface area contributed by atoms with Gasteiger partial charge in [-0.15, -0.1) is 0 Å². The normalized spacial score (nSPS) is 10.7. The van der Waals surface area contributed by atoms with Crippen LogP contribution in [0.25, 0.3) is 10.9 Å². The van der Waals surface area contributed by atoms with Crippen LogP contribution in [0.5, 0.6) is 5.75 Å². The molecular weight excluding hydrogens is 391 g/mol. The molecule has 0 aliphatic heterocycles. The Morgan fingerprint density at radius 3 is 2.69 bits per heavy atom. The Kier molecular flexibility index (Phi) is 5.44. The average Bonchev–Trinajstić information content (AvgIpc) is 2.75. The number of nitrogens with one attached hydrogen (secondary N) is 2. The van der Waals surface area contributed by atoms with Crippen LogP contribution in [0.1, 0.15) is 5.56 Å². The van der Waals surface area contributed by atoms with Crippen molar-refractivity contribution in [1.29, 1.82) is 0 Å². The monoisotopic (exact) mass is 408 g/mol. The van der Waals surface area contributed by atoms with Crippen LogP contribution >= 0.6 is 11.6 Å². The smallest absolute Gasteiger partial charge is 0.141 e. The minimum Gasteiger partial charge on any atom is -0.497 e. The Morgan fingerprint density at radius 2 is 1.86 bits per heavy atom. The minimum atomic E-state index is -0.464. The number of fused-ring (bicyclic) bond motifs is 1. The quantitative estimate of drug-likeness (QED) is 0.423. The third-order valence-electron chi connectivity index (χ3n) is 4.45. The molecule has 2 N–H and O–H groups in total. The molecule has 0 spiro atoms. The highest BCUT2D eigenvalue weighted by Gasteiger charge is 2.07. The molecular formula is C22H18ClFN4O. The van der Waals surface area contributed by atoms with Gasteiger partial charge in [-0.2, -0.15) is 0 Å². The predicted molar refractivity (Wildman–Crippen MR) is 115 cm³/mol. The van der Waals surface area contributed by atoms with Gasteiger partial charge in [0, 0.05) is 23.3 Å². The Morgan fingerprint density at radius 1 is 1.00 bits per heavy atom. The molecule has 0 fully saturated rings. The average molecular weight is 409 g/mol. The van der Waals surface area contributed by atoms with E-state index in [1.165, 1.54) is 18.5 Å². The van der Waals surface area contributed by atoms with Gasteiger partial charge in [-0.05, 0) is 54.1 Å². The van der Waals surface area contributed by atoms with E-state index in [2.05, 4.69) is 20.6 Å². The summed E-state index contributed by atoms with van der Waals surface area (Å²) < 4.78 is 18.7. The number of anilines is 3. The number of hydrogen-bond acceptors (Lipinski definition) is 5. The van der Waals surface area contributed by atoms with E-state index in [9.17, 15) is 4.39 Å². The van der Waals surface area contributed by atoms with Crippen LogP contribution in [-0.4, -0.2) is 17.1 Å². The second-order valence-electron chi connectivity index (χ2n) is 6.41. The lowest BCUT2D eigenvalue weighted by Crippen LogP contribution is -2.01. The fourth-order valence-electron chi connectivity index (χ4n) is 2.96. The first-order valence-electron chi connectivity index (χ1n) is 8.96. The summed E-state index contributed by atoms with van der Waals surface area (Å²) in [5.74, 6) is 0.970. The second-order valence-corrected chi connectivity index (χ2v) is 6.82. The van der Waals surface area contributed by atoms with Crippen LogP contribution in [0, 0.1) is 5.82 Å². The van der Waals surface area contributed by atoms with Crippen LogP contribution in [0.15, 0.2) is 67.0 Å². The molecule has 1 heterocycles. The van der Waals surface area contributed by atoms with Gasteiger partial charge in [-0.25, -0.2) is 14.4 Å². The van der Waals surface area contributed by atoms with Gasteiger partial charge >= 0.3 is 0 Å². The van der Waals surface area contributed by atoms with Gasteiger partial charge in [-0.3, -0.25) is 0 Å². The molecule has 0 aliphatic carbocycles. The van der Waals surface area contributed by atoms with Crippen LogP contribution < -0.4 is 15.4 Å². The summed E-state index contributed by atoms with van der Waals surface area (Å²) in [6.45, 7) is 0.646. The summed E-state index contributed by atoms with van der Waals surface area (Å²) in [4.78, 5) is 8.65. The Balaban J connectivity index is 1.58. The molecule has 1 aromatic heterocycles. The lowest BCUT2D eigenvalue weighted by atomic mass is 10.1. The zero-order valence-corrected chi connectivity index (χ0v) is 16.4. The molecule has 146 valence electrons. The molecule has 0 radical (unpaired) electrons. The molecule has 0 saturated carbocycles. The molecule has 0 saturated heterocycles. The molecule has 5 nitrogen and oxygen atoms in total. The summed E-state index contributed by atoms with van der Waals surface area (Å²) in [6, 6.07) is 18.2. The van der Waals surface area contributed by atoms with Gasteiger partial charge < -0.3 is 15.4 Å². The maximum absolute atomic E-state index is 13.4. The van der Waals surface area contributed by atoms with Crippen molar-refractivity contribution in [2.24, 2.45) is 0 Å². The second kappa shape index (κ2) is 8.32. The van der Waals surface area contributed by atoms with Gasteiger partial charge in [0.05, 0.1) is 17.6 Å². The number of aromatic nitrogens is 2. The van der Waals surface area contributed by atoms with Crippen molar-refractivity contribution in [3.05, 3.63) is 83.4 Å². The summed E-state index contributed by atoms with van der Waals surface area (Å²) in [5.41, 5.74) is 3.47. The summed E-state index contributed by atoms with van der Waals surface area (Å²) >= 11 is 5.88. The van der Waals surface area contributed by atoms with E-state index < -0.39 is 5.82 Å². The molecule has 0 bridgehead atoms. The maximum atomic E-state index is 13.4. The lowest BCUT2D eigenvalue weighted by Gasteiger charge is -2.12. The van der Waals surface area contributed by atoms with Crippen LogP contribution in [0.2, 0.25) is 5.02 Å². The van der Waals surface area contributed by atoms with Crippen molar-refractivity contribution in [2.45, 2.75) is 6.54 Å². The molecule has 3 aromatic carbocycles. The number of rotatable bonds is 6. The number of methoxy groups -OCH3 is 1. The van der Waals surface area contributed by atoms with Crippen LogP contribution in [0.4, 0.5) is 21.6 Å². The van der Waals surface area contributed by atoms with Gasteiger partial charge in [0.1, 0.15) is 23.7 Å². The summed E-state index contributed by atoms with van der Waals surface area (Å²) in [5, 5.41) is 7.47. The number of ether oxygens (including phenoxy) is 1. The van der Waals surface area contributed by atoms with Crippen molar-refractivity contribution in [1.82, 2.24) is 9.97 Å². The van der Waals surface area contributed by atoms with E-state index in [0.29, 0.717) is 18.1 Å². The van der Waals surface area contributed by atoms with Gasteiger partial charge in [0.2, 0.25) is 0 Å². The van der Waals surface area contributed by atoms with Gasteiger partial charge in [-0.1, -0.05) is 23.7 Å². The molecule has 4 aromatic rings. The third-order valence-corrected chi connectivity index (χ3v) is 4.74. The zero-order chi connectivity index (χ0) is 20.2. The highest BCUT2D eigenvalue weighted by atomic mass is 35.5. The number of benzene rings is 3. The van der Waals surface area contributed by atoms with Crippen molar-refractivity contribution in [3.63, 3.8) is 0 Å². The van der Waals surface area contributed by atoms with E-state index in [4.69, 9.17) is 16.3 Å². The first-order chi connectivity index (χ1) is 14.1. The lowest BCUT2D eigenvalue weighted by molar-refractivity contribution is 0.414. The Labute approximate surface area is 172 Å². The van der Waals surface area contributed by atoms with E-state index in [-0.39, 0.29) is 5.02 Å². The van der Waals surface area contributed by atoms with E-state index in [0.717, 1.165) is 27.9 Å². The topological polar surface area (TPSA) is 59.1 Å².